The first-order valence-electron chi connectivity index (χ1n) is 11.3. The van der Waals surface area contributed by atoms with Crippen molar-refractivity contribution in [1.82, 2.24) is 0 Å². The molecule has 1 aromatic rings. The van der Waals surface area contributed by atoms with Crippen molar-refractivity contribution < 1.29 is 22.7 Å². The minimum atomic E-state index is -3.44. The third kappa shape index (κ3) is 10.8. The van der Waals surface area contributed by atoms with Crippen molar-refractivity contribution in [2.75, 3.05) is 38.2 Å². The van der Waals surface area contributed by atoms with E-state index in [-0.39, 0.29) is 17.3 Å². The lowest BCUT2D eigenvalue weighted by atomic mass is 9.88. The number of methoxy groups -OCH3 is 1. The molecule has 3 N–H and O–H groups in total. The van der Waals surface area contributed by atoms with Crippen molar-refractivity contribution in [2.45, 2.75) is 66.2 Å². The van der Waals surface area contributed by atoms with Crippen LogP contribution >= 0.6 is 0 Å². The van der Waals surface area contributed by atoms with Crippen LogP contribution in [-0.4, -0.2) is 52.1 Å². The second-order valence-electron chi connectivity index (χ2n) is 8.88. The number of ether oxygens (including phenoxy) is 1. The lowest BCUT2D eigenvalue weighted by Gasteiger charge is -2.26. The number of hydrogen-bond donors (Lipinski definition) is 3. The Morgan fingerprint density at radius 1 is 1.21 bits per heavy atom. The zero-order valence-electron chi connectivity index (χ0n) is 21.5. The molecule has 0 saturated heterocycles. The molecule has 0 amide bonds. The Morgan fingerprint density at radius 2 is 1.76 bits per heavy atom. The Balaban J connectivity index is 0.00000189. The maximum Gasteiger partial charge on any atom is 0.151 e. The van der Waals surface area contributed by atoms with Gasteiger partial charge < -0.3 is 20.6 Å². The molecule has 6 nitrogen and oxygen atoms in total. The minimum absolute atomic E-state index is 0.0946. The molecule has 1 aliphatic rings. The second kappa shape index (κ2) is 14.5. The number of sulfone groups is 1. The van der Waals surface area contributed by atoms with Crippen LogP contribution in [-0.2, 0) is 14.6 Å². The summed E-state index contributed by atoms with van der Waals surface area (Å²) in [6, 6.07) is 4.83. The quantitative estimate of drug-likeness (QED) is 0.377. The number of hydrogen-bond acceptors (Lipinski definition) is 6. The SMILES string of the molecule is CCC(=N)C(C)(C)CS(=O)(=O)C[C@H](C)c1cc(NC(CC)=C2CC2)ccc1F.CO.COC. The van der Waals surface area contributed by atoms with E-state index in [9.17, 15) is 12.8 Å². The molecule has 2 rings (SSSR count). The molecule has 1 saturated carbocycles. The van der Waals surface area contributed by atoms with Gasteiger partial charge in [0.2, 0.25) is 0 Å². The van der Waals surface area contributed by atoms with E-state index < -0.39 is 21.2 Å². The van der Waals surface area contributed by atoms with Crippen LogP contribution in [0.3, 0.4) is 0 Å². The van der Waals surface area contributed by atoms with Gasteiger partial charge in [0.15, 0.2) is 9.84 Å². The van der Waals surface area contributed by atoms with Gasteiger partial charge in [0, 0.05) is 43.8 Å². The Morgan fingerprint density at radius 3 is 2.21 bits per heavy atom. The summed E-state index contributed by atoms with van der Waals surface area (Å²) < 4.78 is 44.1. The van der Waals surface area contributed by atoms with Gasteiger partial charge in [0.1, 0.15) is 5.82 Å². The summed E-state index contributed by atoms with van der Waals surface area (Å²) in [5.74, 6) is -1.07. The van der Waals surface area contributed by atoms with Crippen molar-refractivity contribution in [3.8, 4) is 0 Å². The number of halogens is 1. The Bertz CT molecular complexity index is 890. The molecule has 8 heteroatoms. The summed E-state index contributed by atoms with van der Waals surface area (Å²) in [4.78, 5) is 0. The second-order valence-corrected chi connectivity index (χ2v) is 11.0. The van der Waals surface area contributed by atoms with Crippen LogP contribution in [0, 0.1) is 16.6 Å². The number of anilines is 1. The van der Waals surface area contributed by atoms with E-state index >= 15 is 0 Å². The fraction of sp³-hybridized carbons (Fsp3) is 0.640. The minimum Gasteiger partial charge on any atom is -0.400 e. The van der Waals surface area contributed by atoms with Gasteiger partial charge in [0.05, 0.1) is 11.5 Å². The van der Waals surface area contributed by atoms with Gasteiger partial charge in [-0.25, -0.2) is 12.8 Å². The highest BCUT2D eigenvalue weighted by Crippen LogP contribution is 2.34. The number of nitrogens with one attached hydrogen (secondary N) is 2. The molecular weight excluding hydrogens is 443 g/mol. The van der Waals surface area contributed by atoms with Crippen molar-refractivity contribution in [2.24, 2.45) is 5.41 Å². The number of benzene rings is 1. The van der Waals surface area contributed by atoms with Crippen LogP contribution in [0.15, 0.2) is 29.5 Å². The van der Waals surface area contributed by atoms with E-state index in [1.54, 1.807) is 47.1 Å². The van der Waals surface area contributed by atoms with E-state index in [2.05, 4.69) is 17.0 Å². The molecule has 0 aromatic heterocycles. The van der Waals surface area contributed by atoms with Crippen LogP contribution < -0.4 is 5.32 Å². The smallest absolute Gasteiger partial charge is 0.151 e. The Hall–Kier alpha value is -1.77. The molecule has 33 heavy (non-hydrogen) atoms. The monoisotopic (exact) mass is 486 g/mol. The summed E-state index contributed by atoms with van der Waals surface area (Å²) in [5.41, 5.74) is 3.50. The van der Waals surface area contributed by atoms with E-state index in [0.29, 0.717) is 17.7 Å². The van der Waals surface area contributed by atoms with Crippen LogP contribution in [0.4, 0.5) is 10.1 Å². The summed E-state index contributed by atoms with van der Waals surface area (Å²) in [6.07, 6.45) is 3.64. The van der Waals surface area contributed by atoms with Crippen LogP contribution in [0.25, 0.3) is 0 Å². The van der Waals surface area contributed by atoms with Gasteiger partial charge in [-0.3, -0.25) is 0 Å². The van der Waals surface area contributed by atoms with E-state index in [1.807, 2.05) is 6.92 Å². The normalized spacial score (nSPS) is 13.7. The van der Waals surface area contributed by atoms with Gasteiger partial charge in [-0.1, -0.05) is 40.2 Å². The Kier molecular flexibility index (Phi) is 13.7. The summed E-state index contributed by atoms with van der Waals surface area (Å²) >= 11 is 0. The Labute approximate surface area is 200 Å². The lowest BCUT2D eigenvalue weighted by molar-refractivity contribution is 0.277. The van der Waals surface area contributed by atoms with Crippen molar-refractivity contribution in [3.63, 3.8) is 0 Å². The molecular formula is C25H43FN2O4S. The highest BCUT2D eigenvalue weighted by molar-refractivity contribution is 7.91. The van der Waals surface area contributed by atoms with Crippen molar-refractivity contribution >= 4 is 21.2 Å². The first-order chi connectivity index (χ1) is 15.4. The zero-order valence-corrected chi connectivity index (χ0v) is 22.3. The molecule has 0 spiro atoms. The number of aliphatic hydroxyl groups is 1. The largest absolute Gasteiger partial charge is 0.400 e. The molecule has 190 valence electrons. The van der Waals surface area contributed by atoms with Crippen LogP contribution in [0.2, 0.25) is 0 Å². The first-order valence-corrected chi connectivity index (χ1v) is 13.1. The average Bonchev–Trinajstić information content (AvgIpc) is 3.58. The first kappa shape index (κ1) is 31.2. The maximum atomic E-state index is 14.4. The standard InChI is InChI=1S/C22H33FN2O2S.C2H6O.CH4O/c1-6-20(16-8-9-16)25-17-10-11-19(23)18(12-17)15(3)13-28(26,27)14-22(4,5)21(24)7-2;1-3-2;1-2/h10-12,15,24-25H,6-9,13-14H2,1-5H3;1-2H3;2H,1H3/t15-;;/m0../s1. The summed E-state index contributed by atoms with van der Waals surface area (Å²) in [5, 5.41) is 18.4. The number of allylic oxidation sites excluding steroid dienone is 2. The summed E-state index contributed by atoms with van der Waals surface area (Å²) in [6.45, 7) is 9.25. The molecule has 0 aliphatic heterocycles. The topological polar surface area (TPSA) is 99.5 Å². The third-order valence-corrected chi connectivity index (χ3v) is 7.53. The average molecular weight is 487 g/mol. The zero-order chi connectivity index (χ0) is 25.8. The van der Waals surface area contributed by atoms with E-state index in [4.69, 9.17) is 10.5 Å². The van der Waals surface area contributed by atoms with E-state index in [0.717, 1.165) is 32.1 Å². The molecule has 0 radical (unpaired) electrons. The molecule has 0 bridgehead atoms. The van der Waals surface area contributed by atoms with Gasteiger partial charge in [-0.05, 0) is 55.4 Å². The molecule has 1 aliphatic carbocycles. The third-order valence-electron chi connectivity index (χ3n) is 5.36. The molecule has 1 atom stereocenters. The van der Waals surface area contributed by atoms with Crippen LogP contribution in [0.1, 0.15) is 71.8 Å². The van der Waals surface area contributed by atoms with Gasteiger partial charge >= 0.3 is 0 Å². The lowest BCUT2D eigenvalue weighted by Crippen LogP contribution is -2.33. The number of rotatable bonds is 10. The van der Waals surface area contributed by atoms with Gasteiger partial charge in [-0.15, -0.1) is 0 Å². The fourth-order valence-corrected chi connectivity index (χ4v) is 5.94. The highest BCUT2D eigenvalue weighted by Gasteiger charge is 2.31. The predicted molar refractivity (Wildman–Crippen MR) is 137 cm³/mol. The van der Waals surface area contributed by atoms with E-state index in [1.165, 1.54) is 17.3 Å². The predicted octanol–water partition coefficient (Wildman–Crippen LogP) is 5.54. The van der Waals surface area contributed by atoms with Gasteiger partial charge in [-0.2, -0.15) is 0 Å². The molecule has 0 heterocycles. The molecule has 0 unspecified atom stereocenters. The maximum absolute atomic E-state index is 14.4. The summed E-state index contributed by atoms with van der Waals surface area (Å²) in [7, 11) is 0.810. The highest BCUT2D eigenvalue weighted by atomic mass is 32.2. The molecule has 1 fully saturated rings. The number of aliphatic hydroxyl groups excluding tert-OH is 1. The fourth-order valence-electron chi connectivity index (χ4n) is 3.61. The molecule has 1 aromatic carbocycles. The van der Waals surface area contributed by atoms with Gasteiger partial charge in [0.25, 0.3) is 0 Å². The van der Waals surface area contributed by atoms with Crippen LogP contribution in [0.5, 0.6) is 0 Å². The van der Waals surface area contributed by atoms with Crippen molar-refractivity contribution in [3.05, 3.63) is 40.8 Å². The van der Waals surface area contributed by atoms with Crippen molar-refractivity contribution in [1.29, 1.82) is 5.41 Å².